The minimum absolute atomic E-state index is 0.00286. The zero-order valence-electron chi connectivity index (χ0n) is 9.04. The number of nitrogens with one attached hydrogen (secondary N) is 1. The molecule has 4 nitrogen and oxygen atoms in total. The average Bonchev–Trinajstić information content (AvgIpc) is 2.28. The number of halogens is 2. The van der Waals surface area contributed by atoms with Crippen molar-refractivity contribution < 1.29 is 19.1 Å². The molecule has 1 unspecified atom stereocenters. The monoisotopic (exact) mass is 303 g/mol. The highest BCUT2D eigenvalue weighted by atomic mass is 79.9. The van der Waals surface area contributed by atoms with Crippen molar-refractivity contribution in [3.63, 3.8) is 0 Å². The van der Waals surface area contributed by atoms with Gasteiger partial charge in [0.1, 0.15) is 5.82 Å². The molecule has 0 bridgehead atoms. The second kappa shape index (κ2) is 5.77. The van der Waals surface area contributed by atoms with Gasteiger partial charge in [-0.15, -0.1) is 0 Å². The van der Waals surface area contributed by atoms with Gasteiger partial charge >= 0.3 is 5.97 Å². The average molecular weight is 304 g/mol. The molecule has 1 aromatic rings. The first-order chi connectivity index (χ1) is 7.91. The highest BCUT2D eigenvalue weighted by molar-refractivity contribution is 9.10. The third kappa shape index (κ3) is 3.81. The van der Waals surface area contributed by atoms with E-state index in [1.165, 1.54) is 19.1 Å². The van der Waals surface area contributed by atoms with Crippen LogP contribution in [0.4, 0.5) is 4.39 Å². The minimum atomic E-state index is -0.997. The number of carbonyl (C=O) groups excluding carboxylic acids is 1. The lowest BCUT2D eigenvalue weighted by Crippen LogP contribution is -2.31. The van der Waals surface area contributed by atoms with Crippen molar-refractivity contribution in [3.8, 4) is 0 Å². The van der Waals surface area contributed by atoms with Crippen LogP contribution in [0.3, 0.4) is 0 Å². The number of carbonyl (C=O) groups is 2. The number of aliphatic carboxylic acids is 1. The van der Waals surface area contributed by atoms with Crippen LogP contribution in [0.5, 0.6) is 0 Å². The highest BCUT2D eigenvalue weighted by Crippen LogP contribution is 2.17. The highest BCUT2D eigenvalue weighted by Gasteiger charge is 2.15. The Morgan fingerprint density at radius 3 is 2.76 bits per heavy atom. The third-order valence-electron chi connectivity index (χ3n) is 2.16. The molecule has 1 aromatic carbocycles. The number of hydrogen-bond donors (Lipinski definition) is 2. The van der Waals surface area contributed by atoms with Gasteiger partial charge in [-0.2, -0.15) is 0 Å². The van der Waals surface area contributed by atoms with Gasteiger partial charge < -0.3 is 10.4 Å². The quantitative estimate of drug-likeness (QED) is 0.894. The fourth-order valence-corrected chi connectivity index (χ4v) is 1.53. The molecule has 1 rings (SSSR count). The molecular formula is C11H11BrFNO3. The fourth-order valence-electron chi connectivity index (χ4n) is 1.10. The van der Waals surface area contributed by atoms with E-state index in [9.17, 15) is 14.0 Å². The van der Waals surface area contributed by atoms with Crippen molar-refractivity contribution in [1.82, 2.24) is 5.32 Å². The van der Waals surface area contributed by atoms with Crippen LogP contribution in [0.25, 0.3) is 0 Å². The zero-order chi connectivity index (χ0) is 13.0. The van der Waals surface area contributed by atoms with Crippen LogP contribution in [-0.2, 0) is 4.79 Å². The molecular weight excluding hydrogens is 293 g/mol. The first kappa shape index (κ1) is 13.6. The van der Waals surface area contributed by atoms with Crippen molar-refractivity contribution >= 4 is 27.8 Å². The van der Waals surface area contributed by atoms with E-state index in [1.54, 1.807) is 0 Å². The summed E-state index contributed by atoms with van der Waals surface area (Å²) in [6, 6.07) is 3.73. The van der Waals surface area contributed by atoms with E-state index in [4.69, 9.17) is 5.11 Å². The topological polar surface area (TPSA) is 66.4 Å². The molecule has 92 valence electrons. The van der Waals surface area contributed by atoms with E-state index >= 15 is 0 Å². The lowest BCUT2D eigenvalue weighted by molar-refractivity contribution is -0.140. The standard InChI is InChI=1S/C11H11BrFNO3/c1-6(11(16)17)5-14-10(15)8-4-7(13)2-3-9(8)12/h2-4,6H,5H2,1H3,(H,14,15)(H,16,17). The van der Waals surface area contributed by atoms with Crippen molar-refractivity contribution in [2.45, 2.75) is 6.92 Å². The van der Waals surface area contributed by atoms with Gasteiger partial charge in [0.25, 0.3) is 5.91 Å². The van der Waals surface area contributed by atoms with Crippen LogP contribution in [0.15, 0.2) is 22.7 Å². The normalized spacial score (nSPS) is 11.9. The summed E-state index contributed by atoms with van der Waals surface area (Å²) in [4.78, 5) is 22.2. The van der Waals surface area contributed by atoms with Gasteiger partial charge in [-0.25, -0.2) is 4.39 Å². The number of carboxylic acids is 1. The van der Waals surface area contributed by atoms with Crippen LogP contribution in [-0.4, -0.2) is 23.5 Å². The predicted molar refractivity (Wildman–Crippen MR) is 63.2 cm³/mol. The zero-order valence-corrected chi connectivity index (χ0v) is 10.6. The Morgan fingerprint density at radius 2 is 2.18 bits per heavy atom. The Kier molecular flexibility index (Phi) is 4.62. The van der Waals surface area contributed by atoms with Gasteiger partial charge in [0.05, 0.1) is 11.5 Å². The molecule has 0 aliphatic rings. The van der Waals surface area contributed by atoms with Gasteiger partial charge in [0.2, 0.25) is 0 Å². The molecule has 0 heterocycles. The summed E-state index contributed by atoms with van der Waals surface area (Å²) in [5.74, 6) is -2.72. The van der Waals surface area contributed by atoms with E-state index in [2.05, 4.69) is 21.2 Å². The van der Waals surface area contributed by atoms with Gasteiger partial charge in [-0.1, -0.05) is 6.92 Å². The van der Waals surface area contributed by atoms with Crippen molar-refractivity contribution in [3.05, 3.63) is 34.1 Å². The maximum atomic E-state index is 12.9. The van der Waals surface area contributed by atoms with Crippen molar-refractivity contribution in [2.75, 3.05) is 6.54 Å². The van der Waals surface area contributed by atoms with Gasteiger partial charge in [0.15, 0.2) is 0 Å². The van der Waals surface area contributed by atoms with Crippen LogP contribution < -0.4 is 5.32 Å². The van der Waals surface area contributed by atoms with Gasteiger partial charge in [0, 0.05) is 11.0 Å². The SMILES string of the molecule is CC(CNC(=O)c1cc(F)ccc1Br)C(=O)O. The third-order valence-corrected chi connectivity index (χ3v) is 2.85. The molecule has 1 amide bonds. The summed E-state index contributed by atoms with van der Waals surface area (Å²) < 4.78 is 13.4. The number of carboxylic acid groups (broad SMARTS) is 1. The van der Waals surface area contributed by atoms with E-state index in [0.717, 1.165) is 6.07 Å². The number of hydrogen-bond acceptors (Lipinski definition) is 2. The number of amides is 1. The van der Waals surface area contributed by atoms with Crippen molar-refractivity contribution in [2.24, 2.45) is 5.92 Å². The summed E-state index contributed by atoms with van der Waals surface area (Å²) in [6.07, 6.45) is 0. The largest absolute Gasteiger partial charge is 0.481 e. The summed E-state index contributed by atoms with van der Waals surface area (Å²) in [7, 11) is 0. The molecule has 0 spiro atoms. The number of benzene rings is 1. The molecule has 0 aliphatic heterocycles. The smallest absolute Gasteiger partial charge is 0.308 e. The summed E-state index contributed by atoms with van der Waals surface area (Å²) in [5, 5.41) is 11.1. The Balaban J connectivity index is 2.70. The second-order valence-corrected chi connectivity index (χ2v) is 4.43. The van der Waals surface area contributed by atoms with Crippen molar-refractivity contribution in [1.29, 1.82) is 0 Å². The lowest BCUT2D eigenvalue weighted by atomic mass is 10.1. The van der Waals surface area contributed by atoms with Gasteiger partial charge in [-0.05, 0) is 34.1 Å². The summed E-state index contributed by atoms with van der Waals surface area (Å²) in [6.45, 7) is 1.47. The predicted octanol–water partition coefficient (Wildman–Crippen LogP) is 2.04. The van der Waals surface area contributed by atoms with Crippen LogP contribution in [0, 0.1) is 11.7 Å². The second-order valence-electron chi connectivity index (χ2n) is 3.57. The Hall–Kier alpha value is -1.43. The molecule has 0 saturated carbocycles. The molecule has 0 fully saturated rings. The van der Waals surface area contributed by atoms with E-state index < -0.39 is 23.6 Å². The first-order valence-electron chi connectivity index (χ1n) is 4.88. The summed E-state index contributed by atoms with van der Waals surface area (Å²) in [5.41, 5.74) is 0.141. The van der Waals surface area contributed by atoms with Crippen LogP contribution in [0.1, 0.15) is 17.3 Å². The fraction of sp³-hybridized carbons (Fsp3) is 0.273. The number of rotatable bonds is 4. The van der Waals surface area contributed by atoms with E-state index in [1.807, 2.05) is 0 Å². The lowest BCUT2D eigenvalue weighted by Gasteiger charge is -2.09. The molecule has 0 aromatic heterocycles. The molecule has 0 radical (unpaired) electrons. The van der Waals surface area contributed by atoms with Crippen LogP contribution >= 0.6 is 15.9 Å². The van der Waals surface area contributed by atoms with Gasteiger partial charge in [-0.3, -0.25) is 9.59 Å². The Bertz CT molecular complexity index is 450. The molecule has 17 heavy (non-hydrogen) atoms. The minimum Gasteiger partial charge on any atom is -0.481 e. The Labute approximate surface area is 106 Å². The molecule has 6 heteroatoms. The van der Waals surface area contributed by atoms with Crippen LogP contribution in [0.2, 0.25) is 0 Å². The Morgan fingerprint density at radius 1 is 1.53 bits per heavy atom. The summed E-state index contributed by atoms with van der Waals surface area (Å²) >= 11 is 3.12. The molecule has 0 saturated heterocycles. The molecule has 0 aliphatic carbocycles. The van der Waals surface area contributed by atoms with E-state index in [-0.39, 0.29) is 12.1 Å². The maximum absolute atomic E-state index is 12.9. The molecule has 2 N–H and O–H groups in total. The molecule has 1 atom stereocenters. The van der Waals surface area contributed by atoms with E-state index in [0.29, 0.717) is 4.47 Å². The first-order valence-corrected chi connectivity index (χ1v) is 5.67. The maximum Gasteiger partial charge on any atom is 0.308 e.